The molecule has 1 aromatic rings. The van der Waals surface area contributed by atoms with Crippen molar-refractivity contribution in [3.05, 3.63) is 5.82 Å². The third kappa shape index (κ3) is 2.79. The second kappa shape index (κ2) is 5.54. The minimum atomic E-state index is 0.126. The first-order valence-corrected chi connectivity index (χ1v) is 7.43. The highest BCUT2D eigenvalue weighted by molar-refractivity contribution is 4.93. The maximum atomic E-state index is 6.05. The summed E-state index contributed by atoms with van der Waals surface area (Å²) in [6.07, 6.45) is 6.10. The van der Waals surface area contributed by atoms with Gasteiger partial charge in [0, 0.05) is 19.6 Å². The third-order valence-electron chi connectivity index (χ3n) is 4.25. The molecule has 6 heteroatoms. The summed E-state index contributed by atoms with van der Waals surface area (Å²) < 4.78 is 7.98. The summed E-state index contributed by atoms with van der Waals surface area (Å²) in [7, 11) is 0. The molecule has 2 fully saturated rings. The van der Waals surface area contributed by atoms with E-state index >= 15 is 0 Å². The molecule has 2 heterocycles. The van der Waals surface area contributed by atoms with Gasteiger partial charge in [-0.1, -0.05) is 19.8 Å². The number of aromatic nitrogens is 4. The van der Waals surface area contributed by atoms with E-state index in [9.17, 15) is 0 Å². The highest BCUT2D eigenvalue weighted by Crippen LogP contribution is 2.36. The monoisotopic (exact) mass is 265 g/mol. The zero-order valence-corrected chi connectivity index (χ0v) is 11.7. The van der Waals surface area contributed by atoms with Crippen LogP contribution >= 0.6 is 0 Å². The van der Waals surface area contributed by atoms with Crippen molar-refractivity contribution in [3.8, 4) is 0 Å². The number of hydrogen-bond acceptors (Lipinski definition) is 5. The summed E-state index contributed by atoms with van der Waals surface area (Å²) in [5.41, 5.74) is 0.126. The molecule has 6 nitrogen and oxygen atoms in total. The quantitative estimate of drug-likeness (QED) is 0.819. The molecule has 1 saturated heterocycles. The fourth-order valence-electron chi connectivity index (χ4n) is 3.30. The number of morpholine rings is 1. The largest absolute Gasteiger partial charge is 0.372 e. The molecule has 2 aliphatic rings. The Hall–Kier alpha value is -1.01. The molecule has 19 heavy (non-hydrogen) atoms. The number of tetrazole rings is 1. The number of rotatable bonds is 4. The summed E-state index contributed by atoms with van der Waals surface area (Å²) in [5.74, 6) is 0.983. The Morgan fingerprint density at radius 3 is 2.95 bits per heavy atom. The van der Waals surface area contributed by atoms with Gasteiger partial charge in [0.25, 0.3) is 0 Å². The van der Waals surface area contributed by atoms with Gasteiger partial charge < -0.3 is 4.74 Å². The lowest BCUT2D eigenvalue weighted by Gasteiger charge is -2.40. The Morgan fingerprint density at radius 2 is 2.16 bits per heavy atom. The van der Waals surface area contributed by atoms with E-state index in [1.165, 1.54) is 25.7 Å². The van der Waals surface area contributed by atoms with Crippen molar-refractivity contribution in [2.24, 2.45) is 0 Å². The predicted molar refractivity (Wildman–Crippen MR) is 70.5 cm³/mol. The molecule has 1 spiro atoms. The molecule has 1 aliphatic carbocycles. The van der Waals surface area contributed by atoms with Crippen molar-refractivity contribution in [3.63, 3.8) is 0 Å². The van der Waals surface area contributed by atoms with E-state index in [1.807, 2.05) is 4.68 Å². The highest BCUT2D eigenvalue weighted by Gasteiger charge is 2.39. The Balaban J connectivity index is 1.64. The minimum Gasteiger partial charge on any atom is -0.372 e. The normalized spacial score (nSPS) is 23.2. The average Bonchev–Trinajstić information content (AvgIpc) is 3.01. The van der Waals surface area contributed by atoms with Crippen molar-refractivity contribution >= 4 is 0 Å². The molecule has 1 aliphatic heterocycles. The summed E-state index contributed by atoms with van der Waals surface area (Å²) in [6, 6.07) is 0. The molecule has 0 bridgehead atoms. The number of hydrogen-bond donors (Lipinski definition) is 0. The van der Waals surface area contributed by atoms with Gasteiger partial charge in [-0.15, -0.1) is 5.10 Å². The summed E-state index contributed by atoms with van der Waals surface area (Å²) in [5, 5.41) is 12.0. The molecule has 1 aromatic heterocycles. The molecular formula is C13H23N5O. The zero-order valence-electron chi connectivity index (χ0n) is 11.7. The van der Waals surface area contributed by atoms with Gasteiger partial charge in [-0.05, 0) is 29.7 Å². The van der Waals surface area contributed by atoms with E-state index in [1.54, 1.807) is 0 Å². The van der Waals surface area contributed by atoms with Crippen molar-refractivity contribution in [2.75, 3.05) is 19.7 Å². The number of aryl methyl sites for hydroxylation is 1. The predicted octanol–water partition coefficient (Wildman–Crippen LogP) is 1.23. The molecule has 0 N–H and O–H groups in total. The molecule has 0 amide bonds. The third-order valence-corrected chi connectivity index (χ3v) is 4.25. The summed E-state index contributed by atoms with van der Waals surface area (Å²) in [4.78, 5) is 2.45. The minimum absolute atomic E-state index is 0.126. The topological polar surface area (TPSA) is 56.1 Å². The van der Waals surface area contributed by atoms with Crippen LogP contribution in [0.2, 0.25) is 0 Å². The molecule has 0 unspecified atom stereocenters. The van der Waals surface area contributed by atoms with Gasteiger partial charge in [0.2, 0.25) is 0 Å². The molecular weight excluding hydrogens is 242 g/mol. The lowest BCUT2D eigenvalue weighted by atomic mass is 10.00. The van der Waals surface area contributed by atoms with Gasteiger partial charge in [-0.2, -0.15) is 0 Å². The molecule has 0 radical (unpaired) electrons. The Labute approximate surface area is 114 Å². The van der Waals surface area contributed by atoms with Crippen molar-refractivity contribution < 1.29 is 4.74 Å². The summed E-state index contributed by atoms with van der Waals surface area (Å²) >= 11 is 0. The lowest BCUT2D eigenvalue weighted by Crippen LogP contribution is -2.50. The second-order valence-corrected chi connectivity index (χ2v) is 5.77. The van der Waals surface area contributed by atoms with Crippen molar-refractivity contribution in [1.29, 1.82) is 0 Å². The molecule has 1 saturated carbocycles. The second-order valence-electron chi connectivity index (χ2n) is 5.77. The highest BCUT2D eigenvalue weighted by atomic mass is 16.5. The van der Waals surface area contributed by atoms with Crippen LogP contribution in [-0.4, -0.2) is 50.4 Å². The van der Waals surface area contributed by atoms with Crippen LogP contribution in [-0.2, 0) is 17.8 Å². The smallest absolute Gasteiger partial charge is 0.165 e. The molecule has 0 atom stereocenters. The fourth-order valence-corrected chi connectivity index (χ4v) is 3.30. The van der Waals surface area contributed by atoms with Crippen LogP contribution in [0.25, 0.3) is 0 Å². The van der Waals surface area contributed by atoms with Crippen molar-refractivity contribution in [1.82, 2.24) is 25.1 Å². The van der Waals surface area contributed by atoms with E-state index in [0.717, 1.165) is 45.0 Å². The van der Waals surface area contributed by atoms with Crippen LogP contribution in [0.3, 0.4) is 0 Å². The van der Waals surface area contributed by atoms with Crippen LogP contribution < -0.4 is 0 Å². The van der Waals surface area contributed by atoms with Crippen LogP contribution in [0.4, 0.5) is 0 Å². The average molecular weight is 265 g/mol. The first-order valence-electron chi connectivity index (χ1n) is 7.43. The first-order chi connectivity index (χ1) is 9.31. The SMILES string of the molecule is CCCn1nnnc1CN1CCOC2(CCCC2)C1. The van der Waals surface area contributed by atoms with Gasteiger partial charge in [-0.3, -0.25) is 4.90 Å². The Bertz CT molecular complexity index is 413. The standard InChI is InChI=1S/C13H23N5O/c1-2-7-18-12(14-15-16-18)10-17-8-9-19-13(11-17)5-3-4-6-13/h2-11H2,1H3. The maximum absolute atomic E-state index is 6.05. The molecule has 106 valence electrons. The van der Waals surface area contributed by atoms with Gasteiger partial charge >= 0.3 is 0 Å². The number of ether oxygens (including phenoxy) is 1. The van der Waals surface area contributed by atoms with Crippen LogP contribution in [0, 0.1) is 0 Å². The van der Waals surface area contributed by atoms with Gasteiger partial charge in [-0.25, -0.2) is 4.68 Å². The van der Waals surface area contributed by atoms with Crippen molar-refractivity contribution in [2.45, 2.75) is 57.7 Å². The maximum Gasteiger partial charge on any atom is 0.165 e. The first kappa shape index (κ1) is 13.0. The van der Waals surface area contributed by atoms with Gasteiger partial charge in [0.15, 0.2) is 5.82 Å². The van der Waals surface area contributed by atoms with Crippen LogP contribution in [0.1, 0.15) is 44.9 Å². The van der Waals surface area contributed by atoms with Gasteiger partial charge in [0.05, 0.1) is 18.8 Å². The van der Waals surface area contributed by atoms with Crippen LogP contribution in [0.5, 0.6) is 0 Å². The zero-order chi connectivity index (χ0) is 13.1. The Morgan fingerprint density at radius 1 is 1.32 bits per heavy atom. The van der Waals surface area contributed by atoms with E-state index in [4.69, 9.17) is 4.74 Å². The molecule has 0 aromatic carbocycles. The van der Waals surface area contributed by atoms with E-state index < -0.39 is 0 Å². The van der Waals surface area contributed by atoms with E-state index in [-0.39, 0.29) is 5.60 Å². The molecule has 3 rings (SSSR count). The van der Waals surface area contributed by atoms with E-state index in [0.29, 0.717) is 0 Å². The number of nitrogens with zero attached hydrogens (tertiary/aromatic N) is 5. The summed E-state index contributed by atoms with van der Waals surface area (Å²) in [6.45, 7) is 6.76. The van der Waals surface area contributed by atoms with Crippen LogP contribution in [0.15, 0.2) is 0 Å². The van der Waals surface area contributed by atoms with Gasteiger partial charge in [0.1, 0.15) is 0 Å². The fraction of sp³-hybridized carbons (Fsp3) is 0.923. The lowest BCUT2D eigenvalue weighted by molar-refractivity contribution is -0.107. The Kier molecular flexibility index (Phi) is 3.79. The van der Waals surface area contributed by atoms with E-state index in [2.05, 4.69) is 27.3 Å².